The van der Waals surface area contributed by atoms with Gasteiger partial charge >= 0.3 is 0 Å². The quantitative estimate of drug-likeness (QED) is 0.698. The van der Waals surface area contributed by atoms with E-state index >= 15 is 0 Å². The summed E-state index contributed by atoms with van der Waals surface area (Å²) in [5, 5.41) is 7.07. The van der Waals surface area contributed by atoms with Gasteiger partial charge in [-0.2, -0.15) is 5.10 Å². The summed E-state index contributed by atoms with van der Waals surface area (Å²) in [6, 6.07) is 17.2. The standard InChI is InChI=1S/C18H20N4O2/c1-23-14-7-9-15(10-8-14)24-12-17-20-18(22-21-17)16(19)11-13-5-3-2-4-6-13/h2-10,16H,11-12,19H2,1H3,(H,20,21,22)/t16-/m1/s1. The highest BCUT2D eigenvalue weighted by atomic mass is 16.5. The second-order valence-corrected chi connectivity index (χ2v) is 5.40. The van der Waals surface area contributed by atoms with Crippen molar-refractivity contribution >= 4 is 0 Å². The smallest absolute Gasteiger partial charge is 0.167 e. The summed E-state index contributed by atoms with van der Waals surface area (Å²) >= 11 is 0. The third-order valence-electron chi connectivity index (χ3n) is 3.61. The van der Waals surface area contributed by atoms with E-state index in [1.165, 1.54) is 0 Å². The second-order valence-electron chi connectivity index (χ2n) is 5.40. The summed E-state index contributed by atoms with van der Waals surface area (Å²) in [6.45, 7) is 0.303. The average Bonchev–Trinajstić information content (AvgIpc) is 3.10. The Labute approximate surface area is 140 Å². The molecule has 1 aromatic heterocycles. The summed E-state index contributed by atoms with van der Waals surface area (Å²) in [7, 11) is 1.63. The van der Waals surface area contributed by atoms with Gasteiger partial charge in [0.2, 0.25) is 0 Å². The first-order valence-electron chi connectivity index (χ1n) is 7.72. The first kappa shape index (κ1) is 16.0. The van der Waals surface area contributed by atoms with Crippen LogP contribution in [0, 0.1) is 0 Å². The number of ether oxygens (including phenoxy) is 2. The Hall–Kier alpha value is -2.86. The van der Waals surface area contributed by atoms with E-state index in [1.807, 2.05) is 54.6 Å². The molecular weight excluding hydrogens is 304 g/mol. The Morgan fingerprint density at radius 1 is 1.04 bits per heavy atom. The number of H-pyrrole nitrogens is 1. The van der Waals surface area contributed by atoms with Gasteiger partial charge in [0.25, 0.3) is 0 Å². The topological polar surface area (TPSA) is 86.1 Å². The van der Waals surface area contributed by atoms with E-state index in [-0.39, 0.29) is 6.04 Å². The fraction of sp³-hybridized carbons (Fsp3) is 0.222. The normalized spacial score (nSPS) is 11.9. The summed E-state index contributed by atoms with van der Waals surface area (Å²) in [6.07, 6.45) is 0.692. The molecule has 0 aliphatic carbocycles. The average molecular weight is 324 g/mol. The third kappa shape index (κ3) is 4.11. The number of aromatic nitrogens is 3. The SMILES string of the molecule is COc1ccc(OCc2nc([C@H](N)Cc3ccccc3)n[nH]2)cc1. The first-order valence-corrected chi connectivity index (χ1v) is 7.72. The van der Waals surface area contributed by atoms with Crippen molar-refractivity contribution in [3.63, 3.8) is 0 Å². The number of rotatable bonds is 7. The molecule has 0 amide bonds. The van der Waals surface area contributed by atoms with E-state index in [0.717, 1.165) is 17.1 Å². The van der Waals surface area contributed by atoms with Gasteiger partial charge in [0.05, 0.1) is 13.2 Å². The van der Waals surface area contributed by atoms with Gasteiger partial charge in [-0.25, -0.2) is 4.98 Å². The van der Waals surface area contributed by atoms with E-state index < -0.39 is 0 Å². The van der Waals surface area contributed by atoms with Crippen molar-refractivity contribution in [1.29, 1.82) is 0 Å². The lowest BCUT2D eigenvalue weighted by molar-refractivity contribution is 0.295. The van der Waals surface area contributed by atoms with E-state index in [0.29, 0.717) is 24.7 Å². The van der Waals surface area contributed by atoms with Gasteiger partial charge in [-0.1, -0.05) is 30.3 Å². The molecule has 1 heterocycles. The molecule has 0 unspecified atom stereocenters. The number of nitrogens with one attached hydrogen (secondary N) is 1. The Bertz CT molecular complexity index is 756. The van der Waals surface area contributed by atoms with Crippen LogP contribution >= 0.6 is 0 Å². The number of methoxy groups -OCH3 is 1. The van der Waals surface area contributed by atoms with Crippen LogP contribution in [0.1, 0.15) is 23.3 Å². The Morgan fingerprint density at radius 2 is 1.75 bits per heavy atom. The zero-order chi connectivity index (χ0) is 16.8. The predicted molar refractivity (Wildman–Crippen MR) is 90.8 cm³/mol. The number of nitrogens with zero attached hydrogens (tertiary/aromatic N) is 2. The molecule has 0 spiro atoms. The molecule has 1 atom stereocenters. The molecule has 0 saturated heterocycles. The Balaban J connectivity index is 1.56. The lowest BCUT2D eigenvalue weighted by Gasteiger charge is -2.07. The minimum atomic E-state index is -0.251. The highest BCUT2D eigenvalue weighted by Gasteiger charge is 2.13. The number of nitrogens with two attached hydrogens (primary N) is 1. The van der Waals surface area contributed by atoms with Crippen LogP contribution in [0.4, 0.5) is 0 Å². The molecule has 0 saturated carbocycles. The van der Waals surface area contributed by atoms with Gasteiger partial charge in [-0.3, -0.25) is 5.10 Å². The van der Waals surface area contributed by atoms with E-state index in [9.17, 15) is 0 Å². The van der Waals surface area contributed by atoms with Gasteiger partial charge < -0.3 is 15.2 Å². The summed E-state index contributed by atoms with van der Waals surface area (Å²) < 4.78 is 10.8. The largest absolute Gasteiger partial charge is 0.497 e. The van der Waals surface area contributed by atoms with Crippen molar-refractivity contribution in [2.75, 3.05) is 7.11 Å². The van der Waals surface area contributed by atoms with Crippen LogP contribution in [-0.2, 0) is 13.0 Å². The van der Waals surface area contributed by atoms with Crippen molar-refractivity contribution in [3.05, 3.63) is 71.8 Å². The molecule has 0 bridgehead atoms. The van der Waals surface area contributed by atoms with Crippen molar-refractivity contribution in [2.24, 2.45) is 5.73 Å². The van der Waals surface area contributed by atoms with Crippen LogP contribution in [0.3, 0.4) is 0 Å². The van der Waals surface area contributed by atoms with Gasteiger partial charge in [0.15, 0.2) is 11.6 Å². The molecule has 0 fully saturated rings. The highest BCUT2D eigenvalue weighted by molar-refractivity contribution is 5.31. The van der Waals surface area contributed by atoms with E-state index in [1.54, 1.807) is 7.11 Å². The lowest BCUT2D eigenvalue weighted by Crippen LogP contribution is -2.15. The van der Waals surface area contributed by atoms with Crippen LogP contribution in [-0.4, -0.2) is 22.3 Å². The van der Waals surface area contributed by atoms with E-state index in [2.05, 4.69) is 15.2 Å². The Kier molecular flexibility index (Phi) is 5.08. The number of hydrogen-bond donors (Lipinski definition) is 2. The van der Waals surface area contributed by atoms with Gasteiger partial charge in [0.1, 0.15) is 18.1 Å². The zero-order valence-corrected chi connectivity index (χ0v) is 13.5. The maximum atomic E-state index is 6.18. The number of hydrogen-bond acceptors (Lipinski definition) is 5. The maximum absolute atomic E-state index is 6.18. The lowest BCUT2D eigenvalue weighted by atomic mass is 10.1. The zero-order valence-electron chi connectivity index (χ0n) is 13.5. The first-order chi connectivity index (χ1) is 11.7. The molecule has 6 heteroatoms. The van der Waals surface area contributed by atoms with Gasteiger partial charge in [0, 0.05) is 0 Å². The molecule has 0 radical (unpaired) electrons. The molecule has 2 aromatic carbocycles. The number of benzene rings is 2. The molecule has 6 nitrogen and oxygen atoms in total. The molecular formula is C18H20N4O2. The molecule has 3 rings (SSSR count). The summed E-state index contributed by atoms with van der Waals surface area (Å²) in [5.74, 6) is 2.76. The minimum Gasteiger partial charge on any atom is -0.497 e. The van der Waals surface area contributed by atoms with Crippen LogP contribution in [0.25, 0.3) is 0 Å². The molecule has 3 aromatic rings. The summed E-state index contributed by atoms with van der Waals surface area (Å²) in [4.78, 5) is 4.41. The van der Waals surface area contributed by atoms with Crippen LogP contribution in [0.2, 0.25) is 0 Å². The van der Waals surface area contributed by atoms with Crippen molar-refractivity contribution < 1.29 is 9.47 Å². The summed E-state index contributed by atoms with van der Waals surface area (Å²) in [5.41, 5.74) is 7.34. The molecule has 124 valence electrons. The van der Waals surface area contributed by atoms with Crippen molar-refractivity contribution in [2.45, 2.75) is 19.1 Å². The molecule has 24 heavy (non-hydrogen) atoms. The third-order valence-corrected chi connectivity index (χ3v) is 3.61. The fourth-order valence-corrected chi connectivity index (χ4v) is 2.32. The highest BCUT2D eigenvalue weighted by Crippen LogP contribution is 2.18. The van der Waals surface area contributed by atoms with Crippen LogP contribution in [0.5, 0.6) is 11.5 Å². The predicted octanol–water partition coefficient (Wildman–Crippen LogP) is 2.63. The van der Waals surface area contributed by atoms with Gasteiger partial charge in [-0.05, 0) is 36.2 Å². The van der Waals surface area contributed by atoms with Crippen molar-refractivity contribution in [1.82, 2.24) is 15.2 Å². The van der Waals surface area contributed by atoms with Crippen molar-refractivity contribution in [3.8, 4) is 11.5 Å². The van der Waals surface area contributed by atoms with Crippen LogP contribution in [0.15, 0.2) is 54.6 Å². The molecule has 3 N–H and O–H groups in total. The van der Waals surface area contributed by atoms with Crippen LogP contribution < -0.4 is 15.2 Å². The maximum Gasteiger partial charge on any atom is 0.167 e. The Morgan fingerprint density at radius 3 is 2.46 bits per heavy atom. The molecule has 0 aliphatic rings. The van der Waals surface area contributed by atoms with E-state index in [4.69, 9.17) is 15.2 Å². The van der Waals surface area contributed by atoms with Gasteiger partial charge in [-0.15, -0.1) is 0 Å². The fourth-order valence-electron chi connectivity index (χ4n) is 2.32. The monoisotopic (exact) mass is 324 g/mol. The minimum absolute atomic E-state index is 0.251. The second kappa shape index (κ2) is 7.61. The molecule has 0 aliphatic heterocycles. The number of aromatic amines is 1.